The van der Waals surface area contributed by atoms with Crippen LogP contribution in [0.15, 0.2) is 85.1 Å². The first-order valence-electron chi connectivity index (χ1n) is 11.7. The number of rotatable bonds is 4. The molecule has 2 N–H and O–H groups in total. The van der Waals surface area contributed by atoms with Crippen LogP contribution in [0.5, 0.6) is 0 Å². The molecule has 170 valence electrons. The molecule has 1 aliphatic rings. The summed E-state index contributed by atoms with van der Waals surface area (Å²) in [6.45, 7) is 2.75. The quantitative estimate of drug-likeness (QED) is 0.388. The molecule has 1 aliphatic heterocycles. The number of aryl methyl sites for hydroxylation is 2. The Kier molecular flexibility index (Phi) is 6.00. The Labute approximate surface area is 199 Å². The summed E-state index contributed by atoms with van der Waals surface area (Å²) < 4.78 is 0. The summed E-state index contributed by atoms with van der Waals surface area (Å²) in [6, 6.07) is 24.8. The molecule has 2 heterocycles. The smallest absolute Gasteiger partial charge is 0.258 e. The van der Waals surface area contributed by atoms with Gasteiger partial charge in [0.25, 0.3) is 11.8 Å². The van der Waals surface area contributed by atoms with Crippen molar-refractivity contribution in [2.75, 3.05) is 16.8 Å². The maximum absolute atomic E-state index is 13.2. The summed E-state index contributed by atoms with van der Waals surface area (Å²) in [7, 11) is 0. The summed E-state index contributed by atoms with van der Waals surface area (Å²) in [5, 5.41) is 2.98. The van der Waals surface area contributed by atoms with Gasteiger partial charge in [0.05, 0.1) is 5.69 Å². The van der Waals surface area contributed by atoms with E-state index in [2.05, 4.69) is 10.3 Å². The molecule has 0 aliphatic carbocycles. The van der Waals surface area contributed by atoms with Crippen LogP contribution in [0.1, 0.15) is 44.8 Å². The number of fused-ring (bicyclic) bond motifs is 1. The first-order valence-corrected chi connectivity index (χ1v) is 11.7. The predicted octanol–water partition coefficient (Wildman–Crippen LogP) is 6.23. The average molecular weight is 450 g/mol. The number of benzene rings is 3. The zero-order valence-electron chi connectivity index (χ0n) is 19.2. The standard InChI is InChI=1S/C29H27N3O2/c1-20-9-11-21(12-10-20)24-6-2-3-7-25(24)28(33)31-23-15-13-22(14-16-23)29(34)32-19-5-4-8-26-27(32)17-18-30-26/h2-3,6-7,9-18,30H,4-5,8,19H2,1H3,(H,31,33). The van der Waals surface area contributed by atoms with Crippen molar-refractivity contribution in [3.05, 3.63) is 107 Å². The van der Waals surface area contributed by atoms with Gasteiger partial charge < -0.3 is 15.2 Å². The van der Waals surface area contributed by atoms with Crippen LogP contribution in [-0.2, 0) is 6.42 Å². The summed E-state index contributed by atoms with van der Waals surface area (Å²) in [5.74, 6) is -0.204. The number of aromatic nitrogens is 1. The number of carbonyl (C=O) groups excluding carboxylic acids is 2. The van der Waals surface area contributed by atoms with Gasteiger partial charge in [-0.25, -0.2) is 0 Å². The number of aromatic amines is 1. The van der Waals surface area contributed by atoms with Gasteiger partial charge in [-0.2, -0.15) is 0 Å². The average Bonchev–Trinajstić information content (AvgIpc) is 3.23. The van der Waals surface area contributed by atoms with E-state index in [0.717, 1.165) is 41.8 Å². The van der Waals surface area contributed by atoms with Gasteiger partial charge in [-0.15, -0.1) is 0 Å². The van der Waals surface area contributed by atoms with Crippen molar-refractivity contribution in [2.45, 2.75) is 26.2 Å². The molecular weight excluding hydrogens is 422 g/mol. The fourth-order valence-electron chi connectivity index (χ4n) is 4.47. The molecule has 3 aromatic carbocycles. The normalized spacial score (nSPS) is 13.1. The second-order valence-corrected chi connectivity index (χ2v) is 8.70. The van der Waals surface area contributed by atoms with Crippen LogP contribution in [0.25, 0.3) is 11.1 Å². The Morgan fingerprint density at radius 1 is 0.882 bits per heavy atom. The fourth-order valence-corrected chi connectivity index (χ4v) is 4.47. The minimum Gasteiger partial charge on any atom is -0.363 e. The van der Waals surface area contributed by atoms with E-state index < -0.39 is 0 Å². The minimum absolute atomic E-state index is 0.0228. The minimum atomic E-state index is -0.181. The lowest BCUT2D eigenvalue weighted by Crippen LogP contribution is -2.31. The second-order valence-electron chi connectivity index (χ2n) is 8.70. The topological polar surface area (TPSA) is 65.2 Å². The number of amides is 2. The number of nitrogens with zero attached hydrogens (tertiary/aromatic N) is 1. The highest BCUT2D eigenvalue weighted by molar-refractivity contribution is 6.09. The maximum atomic E-state index is 13.2. The lowest BCUT2D eigenvalue weighted by molar-refractivity contribution is 0.0985. The number of carbonyl (C=O) groups is 2. The number of H-pyrrole nitrogens is 1. The number of hydrogen-bond donors (Lipinski definition) is 2. The van der Waals surface area contributed by atoms with Gasteiger partial charge >= 0.3 is 0 Å². The van der Waals surface area contributed by atoms with E-state index in [1.165, 1.54) is 5.56 Å². The molecule has 0 radical (unpaired) electrons. The molecule has 5 rings (SSSR count). The van der Waals surface area contributed by atoms with Crippen molar-refractivity contribution < 1.29 is 9.59 Å². The molecule has 0 spiro atoms. The molecule has 0 atom stereocenters. The highest BCUT2D eigenvalue weighted by Gasteiger charge is 2.23. The molecule has 0 saturated carbocycles. The molecule has 1 aromatic heterocycles. The van der Waals surface area contributed by atoms with Crippen molar-refractivity contribution >= 4 is 23.2 Å². The van der Waals surface area contributed by atoms with Gasteiger partial charge in [0.15, 0.2) is 0 Å². The summed E-state index contributed by atoms with van der Waals surface area (Å²) in [6.07, 6.45) is 4.89. The third kappa shape index (κ3) is 4.37. The summed E-state index contributed by atoms with van der Waals surface area (Å²) >= 11 is 0. The molecule has 0 unspecified atom stereocenters. The summed E-state index contributed by atoms with van der Waals surface area (Å²) in [4.78, 5) is 31.4. The van der Waals surface area contributed by atoms with Gasteiger partial charge in [-0.1, -0.05) is 48.0 Å². The molecule has 5 nitrogen and oxygen atoms in total. The van der Waals surface area contributed by atoms with Gasteiger partial charge in [-0.05, 0) is 73.7 Å². The molecule has 0 bridgehead atoms. The second kappa shape index (κ2) is 9.40. The van der Waals surface area contributed by atoms with E-state index in [-0.39, 0.29) is 11.8 Å². The zero-order chi connectivity index (χ0) is 23.5. The lowest BCUT2D eigenvalue weighted by Gasteiger charge is -2.21. The van der Waals surface area contributed by atoms with Crippen LogP contribution in [0.2, 0.25) is 0 Å². The van der Waals surface area contributed by atoms with Gasteiger partial charge in [0.2, 0.25) is 0 Å². The van der Waals surface area contributed by atoms with Crippen LogP contribution in [0.3, 0.4) is 0 Å². The SMILES string of the molecule is Cc1ccc(-c2ccccc2C(=O)Nc2ccc(C(=O)N3CCCCc4[nH]ccc43)cc2)cc1. The molecule has 5 heteroatoms. The van der Waals surface area contributed by atoms with Crippen LogP contribution in [-0.4, -0.2) is 23.3 Å². The van der Waals surface area contributed by atoms with Crippen LogP contribution in [0, 0.1) is 6.92 Å². The van der Waals surface area contributed by atoms with Crippen molar-refractivity contribution in [1.29, 1.82) is 0 Å². The highest BCUT2D eigenvalue weighted by Crippen LogP contribution is 2.28. The molecule has 0 fully saturated rings. The predicted molar refractivity (Wildman–Crippen MR) is 136 cm³/mol. The van der Waals surface area contributed by atoms with Crippen LogP contribution in [0.4, 0.5) is 11.4 Å². The Morgan fingerprint density at radius 2 is 1.65 bits per heavy atom. The molecule has 2 amide bonds. The molecular formula is C29H27N3O2. The molecule has 0 saturated heterocycles. The number of hydrogen-bond acceptors (Lipinski definition) is 2. The van der Waals surface area contributed by atoms with E-state index in [1.807, 2.05) is 72.6 Å². The fraction of sp³-hybridized carbons (Fsp3) is 0.172. The van der Waals surface area contributed by atoms with Gasteiger partial charge in [-0.3, -0.25) is 9.59 Å². The Morgan fingerprint density at radius 3 is 2.44 bits per heavy atom. The Hall–Kier alpha value is -4.12. The van der Waals surface area contributed by atoms with Crippen molar-refractivity contribution in [3.63, 3.8) is 0 Å². The zero-order valence-corrected chi connectivity index (χ0v) is 19.2. The van der Waals surface area contributed by atoms with E-state index >= 15 is 0 Å². The third-order valence-corrected chi connectivity index (χ3v) is 6.33. The largest absolute Gasteiger partial charge is 0.363 e. The maximum Gasteiger partial charge on any atom is 0.258 e. The molecule has 34 heavy (non-hydrogen) atoms. The van der Waals surface area contributed by atoms with Gasteiger partial charge in [0, 0.05) is 35.2 Å². The van der Waals surface area contributed by atoms with E-state index in [4.69, 9.17) is 0 Å². The molecule has 4 aromatic rings. The highest BCUT2D eigenvalue weighted by atomic mass is 16.2. The number of anilines is 2. The van der Waals surface area contributed by atoms with Crippen LogP contribution < -0.4 is 10.2 Å². The van der Waals surface area contributed by atoms with E-state index in [9.17, 15) is 9.59 Å². The number of nitrogens with one attached hydrogen (secondary N) is 2. The van der Waals surface area contributed by atoms with Crippen molar-refractivity contribution in [1.82, 2.24) is 4.98 Å². The first-order chi connectivity index (χ1) is 16.6. The van der Waals surface area contributed by atoms with Crippen molar-refractivity contribution in [2.24, 2.45) is 0 Å². The first kappa shape index (κ1) is 21.7. The van der Waals surface area contributed by atoms with E-state index in [0.29, 0.717) is 23.4 Å². The lowest BCUT2D eigenvalue weighted by atomic mass is 9.98. The Bertz CT molecular complexity index is 1320. The monoisotopic (exact) mass is 449 g/mol. The van der Waals surface area contributed by atoms with Crippen LogP contribution >= 0.6 is 0 Å². The Balaban J connectivity index is 1.33. The third-order valence-electron chi connectivity index (χ3n) is 6.33. The van der Waals surface area contributed by atoms with Crippen molar-refractivity contribution in [3.8, 4) is 11.1 Å². The van der Waals surface area contributed by atoms with E-state index in [1.54, 1.807) is 24.3 Å². The van der Waals surface area contributed by atoms with Gasteiger partial charge in [0.1, 0.15) is 0 Å². The summed E-state index contributed by atoms with van der Waals surface area (Å²) in [5.41, 5.74) is 7.00.